The van der Waals surface area contributed by atoms with E-state index in [1.165, 1.54) is 11.1 Å². The second-order valence-corrected chi connectivity index (χ2v) is 7.37. The molecular formula is C22H27N3O3. The van der Waals surface area contributed by atoms with Crippen LogP contribution in [-0.2, 0) is 13.0 Å². The molecule has 1 atom stereocenters. The number of amides is 2. The van der Waals surface area contributed by atoms with E-state index in [-0.39, 0.29) is 6.03 Å². The highest BCUT2D eigenvalue weighted by Gasteiger charge is 2.32. The molecule has 28 heavy (non-hydrogen) atoms. The van der Waals surface area contributed by atoms with Crippen LogP contribution in [0.15, 0.2) is 42.5 Å². The van der Waals surface area contributed by atoms with Crippen LogP contribution in [-0.4, -0.2) is 55.7 Å². The Balaban J connectivity index is 1.37. The maximum Gasteiger partial charge on any atom is 0.322 e. The Hall–Kier alpha value is -2.73. The van der Waals surface area contributed by atoms with E-state index in [4.69, 9.17) is 9.47 Å². The summed E-state index contributed by atoms with van der Waals surface area (Å²) in [5.74, 6) is 1.29. The van der Waals surface area contributed by atoms with E-state index in [0.717, 1.165) is 39.0 Å². The SMILES string of the molecule is COc1ccc(NC(=O)N2CCC(N3CCc4ccccc4C3)C2)c(OC)c1. The van der Waals surface area contributed by atoms with Crippen LogP contribution in [0.5, 0.6) is 11.5 Å². The molecule has 4 rings (SSSR count). The first-order chi connectivity index (χ1) is 13.7. The van der Waals surface area contributed by atoms with Crippen molar-refractivity contribution in [3.63, 3.8) is 0 Å². The maximum absolute atomic E-state index is 12.8. The summed E-state index contributed by atoms with van der Waals surface area (Å²) in [6.45, 7) is 3.56. The van der Waals surface area contributed by atoms with Crippen LogP contribution in [0.25, 0.3) is 0 Å². The van der Waals surface area contributed by atoms with Crippen molar-refractivity contribution in [3.05, 3.63) is 53.6 Å². The average molecular weight is 381 g/mol. The highest BCUT2D eigenvalue weighted by Crippen LogP contribution is 2.30. The smallest absolute Gasteiger partial charge is 0.322 e. The normalized spacial score (nSPS) is 19.2. The molecular weight excluding hydrogens is 354 g/mol. The van der Waals surface area contributed by atoms with E-state index in [0.29, 0.717) is 23.2 Å². The van der Waals surface area contributed by atoms with Gasteiger partial charge in [-0.25, -0.2) is 4.79 Å². The largest absolute Gasteiger partial charge is 0.497 e. The van der Waals surface area contributed by atoms with E-state index in [2.05, 4.69) is 34.5 Å². The van der Waals surface area contributed by atoms with E-state index >= 15 is 0 Å². The predicted octanol–water partition coefficient (Wildman–Crippen LogP) is 3.37. The molecule has 2 heterocycles. The van der Waals surface area contributed by atoms with Crippen LogP contribution >= 0.6 is 0 Å². The number of ether oxygens (including phenoxy) is 2. The maximum atomic E-state index is 12.8. The lowest BCUT2D eigenvalue weighted by molar-refractivity contribution is 0.177. The quantitative estimate of drug-likeness (QED) is 0.882. The summed E-state index contributed by atoms with van der Waals surface area (Å²) >= 11 is 0. The number of nitrogens with zero attached hydrogens (tertiary/aromatic N) is 2. The number of hydrogen-bond donors (Lipinski definition) is 1. The topological polar surface area (TPSA) is 54.0 Å². The zero-order valence-electron chi connectivity index (χ0n) is 16.5. The molecule has 1 unspecified atom stereocenters. The van der Waals surface area contributed by atoms with Gasteiger partial charge in [0.25, 0.3) is 0 Å². The lowest BCUT2D eigenvalue weighted by Gasteiger charge is -2.33. The number of likely N-dealkylation sites (tertiary alicyclic amines) is 1. The lowest BCUT2D eigenvalue weighted by atomic mass is 9.98. The number of nitrogens with one attached hydrogen (secondary N) is 1. The first-order valence-corrected chi connectivity index (χ1v) is 9.76. The van der Waals surface area contributed by atoms with Crippen molar-refractivity contribution >= 4 is 11.7 Å². The number of hydrogen-bond acceptors (Lipinski definition) is 4. The Kier molecular flexibility index (Phi) is 5.39. The molecule has 1 saturated heterocycles. The van der Waals surface area contributed by atoms with Crippen molar-refractivity contribution in [2.45, 2.75) is 25.4 Å². The second-order valence-electron chi connectivity index (χ2n) is 7.37. The molecule has 6 heteroatoms. The monoisotopic (exact) mass is 381 g/mol. The number of carbonyl (C=O) groups excluding carboxylic acids is 1. The van der Waals surface area contributed by atoms with Gasteiger partial charge in [-0.15, -0.1) is 0 Å². The van der Waals surface area contributed by atoms with Crippen LogP contribution in [0.2, 0.25) is 0 Å². The van der Waals surface area contributed by atoms with Crippen molar-refractivity contribution in [3.8, 4) is 11.5 Å². The molecule has 2 aliphatic rings. The molecule has 0 saturated carbocycles. The minimum Gasteiger partial charge on any atom is -0.497 e. The van der Waals surface area contributed by atoms with Crippen LogP contribution in [0.4, 0.5) is 10.5 Å². The average Bonchev–Trinajstić information content (AvgIpc) is 3.24. The number of anilines is 1. The number of fused-ring (bicyclic) bond motifs is 1. The summed E-state index contributed by atoms with van der Waals surface area (Å²) < 4.78 is 10.6. The van der Waals surface area contributed by atoms with Gasteiger partial charge in [-0.05, 0) is 36.1 Å². The third-order valence-corrected chi connectivity index (χ3v) is 5.78. The standard InChI is InChI=1S/C22H27N3O3/c1-27-19-7-8-20(21(13-19)28-2)23-22(26)25-12-10-18(15-25)24-11-9-16-5-3-4-6-17(16)14-24/h3-8,13,18H,9-12,14-15H2,1-2H3,(H,23,26). The van der Waals surface area contributed by atoms with E-state index < -0.39 is 0 Å². The van der Waals surface area contributed by atoms with Crippen LogP contribution < -0.4 is 14.8 Å². The van der Waals surface area contributed by atoms with Gasteiger partial charge >= 0.3 is 6.03 Å². The number of methoxy groups -OCH3 is 2. The first-order valence-electron chi connectivity index (χ1n) is 9.76. The Labute approximate surface area is 166 Å². The van der Waals surface area contributed by atoms with Crippen molar-refractivity contribution in [2.75, 3.05) is 39.2 Å². The van der Waals surface area contributed by atoms with Gasteiger partial charge < -0.3 is 19.7 Å². The fourth-order valence-corrected chi connectivity index (χ4v) is 4.15. The van der Waals surface area contributed by atoms with Crippen molar-refractivity contribution in [1.29, 1.82) is 0 Å². The minimum absolute atomic E-state index is 0.0802. The summed E-state index contributed by atoms with van der Waals surface area (Å²) in [5, 5.41) is 2.98. The van der Waals surface area contributed by atoms with Crippen LogP contribution in [0.1, 0.15) is 17.5 Å². The second kappa shape index (κ2) is 8.10. The molecule has 0 spiro atoms. The Morgan fingerprint density at radius 3 is 2.68 bits per heavy atom. The molecule has 2 aromatic carbocycles. The number of carbonyl (C=O) groups is 1. The molecule has 0 bridgehead atoms. The van der Waals surface area contributed by atoms with Crippen molar-refractivity contribution < 1.29 is 14.3 Å². The predicted molar refractivity (Wildman–Crippen MR) is 109 cm³/mol. The molecule has 0 aromatic heterocycles. The highest BCUT2D eigenvalue weighted by molar-refractivity contribution is 5.91. The van der Waals surface area contributed by atoms with Gasteiger partial charge in [-0.3, -0.25) is 4.90 Å². The van der Waals surface area contributed by atoms with Crippen LogP contribution in [0, 0.1) is 0 Å². The zero-order valence-corrected chi connectivity index (χ0v) is 16.5. The van der Waals surface area contributed by atoms with E-state index in [1.54, 1.807) is 20.3 Å². The van der Waals surface area contributed by atoms with Crippen molar-refractivity contribution in [2.24, 2.45) is 0 Å². The fraction of sp³-hybridized carbons (Fsp3) is 0.409. The van der Waals surface area contributed by atoms with Crippen molar-refractivity contribution in [1.82, 2.24) is 9.80 Å². The molecule has 0 radical (unpaired) electrons. The molecule has 1 N–H and O–H groups in total. The third kappa shape index (κ3) is 3.78. The summed E-state index contributed by atoms with van der Waals surface area (Å²) in [6.07, 6.45) is 2.09. The third-order valence-electron chi connectivity index (χ3n) is 5.78. The Bertz CT molecular complexity index is 855. The van der Waals surface area contributed by atoms with E-state index in [1.807, 2.05) is 17.0 Å². The van der Waals surface area contributed by atoms with Gasteiger partial charge in [0.15, 0.2) is 0 Å². The molecule has 0 aliphatic carbocycles. The number of urea groups is 1. The molecule has 148 valence electrons. The zero-order chi connectivity index (χ0) is 19.5. The lowest BCUT2D eigenvalue weighted by Crippen LogP contribution is -2.42. The minimum atomic E-state index is -0.0802. The Morgan fingerprint density at radius 2 is 1.89 bits per heavy atom. The van der Waals surface area contributed by atoms with Gasteiger partial charge in [0.1, 0.15) is 11.5 Å². The van der Waals surface area contributed by atoms with Crippen LogP contribution in [0.3, 0.4) is 0 Å². The summed E-state index contributed by atoms with van der Waals surface area (Å²) in [4.78, 5) is 17.2. The molecule has 6 nitrogen and oxygen atoms in total. The summed E-state index contributed by atoms with van der Waals surface area (Å²) in [6, 6.07) is 14.4. The van der Waals surface area contributed by atoms with Gasteiger partial charge in [-0.1, -0.05) is 24.3 Å². The van der Waals surface area contributed by atoms with Gasteiger partial charge in [0, 0.05) is 38.3 Å². The molecule has 2 amide bonds. The fourth-order valence-electron chi connectivity index (χ4n) is 4.15. The number of benzene rings is 2. The number of rotatable bonds is 4. The van der Waals surface area contributed by atoms with Gasteiger partial charge in [-0.2, -0.15) is 0 Å². The summed E-state index contributed by atoms with van der Waals surface area (Å²) in [5.41, 5.74) is 3.53. The van der Waals surface area contributed by atoms with Gasteiger partial charge in [0.05, 0.1) is 19.9 Å². The van der Waals surface area contributed by atoms with E-state index in [9.17, 15) is 4.79 Å². The first kappa shape index (κ1) is 18.6. The van der Waals surface area contributed by atoms with Gasteiger partial charge in [0.2, 0.25) is 0 Å². The summed E-state index contributed by atoms with van der Waals surface area (Å²) in [7, 11) is 3.20. The molecule has 2 aliphatic heterocycles. The Morgan fingerprint density at radius 1 is 1.07 bits per heavy atom. The highest BCUT2D eigenvalue weighted by atomic mass is 16.5. The molecule has 2 aromatic rings. The molecule has 1 fully saturated rings.